The molecular weight excluding hydrogens is 216 g/mol. The maximum absolute atomic E-state index is 10.8. The SMILES string of the molecule is O=C(O)C1CC(N2CCNc3ccccc32)C1. The fourth-order valence-corrected chi connectivity index (χ4v) is 2.73. The van der Waals surface area contributed by atoms with Crippen LogP contribution in [-0.4, -0.2) is 30.2 Å². The van der Waals surface area contributed by atoms with E-state index in [1.165, 1.54) is 5.69 Å². The van der Waals surface area contributed by atoms with E-state index in [0.29, 0.717) is 6.04 Å². The maximum Gasteiger partial charge on any atom is 0.306 e. The fourth-order valence-electron chi connectivity index (χ4n) is 2.73. The first-order valence-corrected chi connectivity index (χ1v) is 6.08. The number of carbonyl (C=O) groups is 1. The molecule has 2 aliphatic rings. The van der Waals surface area contributed by atoms with Gasteiger partial charge in [-0.15, -0.1) is 0 Å². The monoisotopic (exact) mass is 232 g/mol. The molecular formula is C13H16N2O2. The Labute approximate surface area is 100 Å². The summed E-state index contributed by atoms with van der Waals surface area (Å²) in [5, 5.41) is 12.3. The van der Waals surface area contributed by atoms with E-state index in [2.05, 4.69) is 22.3 Å². The van der Waals surface area contributed by atoms with E-state index in [4.69, 9.17) is 5.11 Å². The molecule has 4 nitrogen and oxygen atoms in total. The van der Waals surface area contributed by atoms with E-state index in [1.54, 1.807) is 0 Å². The van der Waals surface area contributed by atoms with Gasteiger partial charge >= 0.3 is 5.97 Å². The van der Waals surface area contributed by atoms with Crippen molar-refractivity contribution in [3.8, 4) is 0 Å². The van der Waals surface area contributed by atoms with Crippen molar-refractivity contribution in [2.75, 3.05) is 23.3 Å². The van der Waals surface area contributed by atoms with E-state index in [0.717, 1.165) is 31.6 Å². The van der Waals surface area contributed by atoms with Crippen LogP contribution in [0, 0.1) is 5.92 Å². The summed E-state index contributed by atoms with van der Waals surface area (Å²) >= 11 is 0. The molecule has 0 bridgehead atoms. The van der Waals surface area contributed by atoms with Crippen LogP contribution in [0.5, 0.6) is 0 Å². The number of hydrogen-bond donors (Lipinski definition) is 2. The van der Waals surface area contributed by atoms with Crippen molar-refractivity contribution in [3.63, 3.8) is 0 Å². The number of anilines is 2. The number of carboxylic acids is 1. The first kappa shape index (κ1) is 10.4. The van der Waals surface area contributed by atoms with Crippen molar-refractivity contribution < 1.29 is 9.90 Å². The summed E-state index contributed by atoms with van der Waals surface area (Å²) in [4.78, 5) is 13.2. The molecule has 1 aromatic rings. The molecule has 1 aromatic carbocycles. The van der Waals surface area contributed by atoms with Crippen molar-refractivity contribution in [1.82, 2.24) is 0 Å². The molecule has 0 unspecified atom stereocenters. The minimum Gasteiger partial charge on any atom is -0.481 e. The fraction of sp³-hybridized carbons (Fsp3) is 0.462. The van der Waals surface area contributed by atoms with Gasteiger partial charge in [0.2, 0.25) is 0 Å². The van der Waals surface area contributed by atoms with Crippen LogP contribution in [0.15, 0.2) is 24.3 Å². The van der Waals surface area contributed by atoms with Crippen LogP contribution >= 0.6 is 0 Å². The number of fused-ring (bicyclic) bond motifs is 1. The topological polar surface area (TPSA) is 52.6 Å². The third-order valence-corrected chi connectivity index (χ3v) is 3.78. The molecule has 0 atom stereocenters. The second kappa shape index (κ2) is 3.95. The molecule has 1 aliphatic carbocycles. The van der Waals surface area contributed by atoms with Gasteiger partial charge in [-0.25, -0.2) is 0 Å². The number of aliphatic carboxylic acids is 1. The Morgan fingerprint density at radius 2 is 2.12 bits per heavy atom. The molecule has 0 saturated heterocycles. The largest absolute Gasteiger partial charge is 0.481 e. The second-order valence-corrected chi connectivity index (χ2v) is 4.80. The van der Waals surface area contributed by atoms with Crippen LogP contribution < -0.4 is 10.2 Å². The summed E-state index contributed by atoms with van der Waals surface area (Å²) in [5.41, 5.74) is 2.38. The van der Waals surface area contributed by atoms with E-state index in [-0.39, 0.29) is 5.92 Å². The Morgan fingerprint density at radius 3 is 2.88 bits per heavy atom. The Hall–Kier alpha value is -1.71. The molecule has 0 spiro atoms. The molecule has 17 heavy (non-hydrogen) atoms. The van der Waals surface area contributed by atoms with Crippen LogP contribution in [0.4, 0.5) is 11.4 Å². The van der Waals surface area contributed by atoms with Crippen LogP contribution in [0.2, 0.25) is 0 Å². The highest BCUT2D eigenvalue weighted by Crippen LogP contribution is 2.38. The number of nitrogens with one attached hydrogen (secondary N) is 1. The highest BCUT2D eigenvalue weighted by Gasteiger charge is 2.39. The normalized spacial score (nSPS) is 26.7. The lowest BCUT2D eigenvalue weighted by Gasteiger charge is -2.45. The zero-order valence-electron chi connectivity index (χ0n) is 9.60. The average molecular weight is 232 g/mol. The highest BCUT2D eigenvalue weighted by atomic mass is 16.4. The van der Waals surface area contributed by atoms with E-state index >= 15 is 0 Å². The summed E-state index contributed by atoms with van der Waals surface area (Å²) in [6, 6.07) is 8.64. The summed E-state index contributed by atoms with van der Waals surface area (Å²) in [7, 11) is 0. The summed E-state index contributed by atoms with van der Waals surface area (Å²) in [6.45, 7) is 1.90. The summed E-state index contributed by atoms with van der Waals surface area (Å²) in [6.07, 6.45) is 1.56. The van der Waals surface area contributed by atoms with Gasteiger partial charge in [0, 0.05) is 19.1 Å². The van der Waals surface area contributed by atoms with Crippen molar-refractivity contribution in [2.24, 2.45) is 5.92 Å². The van der Waals surface area contributed by atoms with E-state index < -0.39 is 5.97 Å². The standard InChI is InChI=1S/C13H16N2O2/c16-13(17)9-7-10(8-9)15-6-5-14-11-3-1-2-4-12(11)15/h1-4,9-10,14H,5-8H2,(H,16,17). The lowest BCUT2D eigenvalue weighted by atomic mass is 9.79. The molecule has 1 saturated carbocycles. The Kier molecular flexibility index (Phi) is 2.42. The second-order valence-electron chi connectivity index (χ2n) is 4.80. The molecule has 0 amide bonds. The number of benzene rings is 1. The van der Waals surface area contributed by atoms with Crippen molar-refractivity contribution >= 4 is 17.3 Å². The van der Waals surface area contributed by atoms with Gasteiger partial charge in [-0.3, -0.25) is 4.79 Å². The van der Waals surface area contributed by atoms with Crippen molar-refractivity contribution in [1.29, 1.82) is 0 Å². The molecule has 0 aromatic heterocycles. The van der Waals surface area contributed by atoms with Crippen LogP contribution in [0.25, 0.3) is 0 Å². The zero-order chi connectivity index (χ0) is 11.8. The number of nitrogens with zero attached hydrogens (tertiary/aromatic N) is 1. The summed E-state index contributed by atoms with van der Waals surface area (Å²) < 4.78 is 0. The molecule has 1 aliphatic heterocycles. The van der Waals surface area contributed by atoms with Crippen molar-refractivity contribution in [3.05, 3.63) is 24.3 Å². The first-order chi connectivity index (χ1) is 8.25. The van der Waals surface area contributed by atoms with E-state index in [9.17, 15) is 4.79 Å². The van der Waals surface area contributed by atoms with Gasteiger partial charge in [0.05, 0.1) is 17.3 Å². The smallest absolute Gasteiger partial charge is 0.306 e. The lowest BCUT2D eigenvalue weighted by Crippen LogP contribution is -2.50. The van der Waals surface area contributed by atoms with E-state index in [1.807, 2.05) is 12.1 Å². The Balaban J connectivity index is 1.76. The minimum absolute atomic E-state index is 0.137. The van der Waals surface area contributed by atoms with Crippen LogP contribution in [0.3, 0.4) is 0 Å². The van der Waals surface area contributed by atoms with Gasteiger partial charge in [-0.1, -0.05) is 12.1 Å². The van der Waals surface area contributed by atoms with Crippen LogP contribution in [-0.2, 0) is 4.79 Å². The van der Waals surface area contributed by atoms with Crippen LogP contribution in [0.1, 0.15) is 12.8 Å². The molecule has 2 N–H and O–H groups in total. The molecule has 3 rings (SSSR count). The van der Waals surface area contributed by atoms with Gasteiger partial charge in [0.15, 0.2) is 0 Å². The first-order valence-electron chi connectivity index (χ1n) is 6.08. The third kappa shape index (κ3) is 1.73. The Bertz CT molecular complexity index is 441. The highest BCUT2D eigenvalue weighted by molar-refractivity contribution is 5.75. The number of hydrogen-bond acceptors (Lipinski definition) is 3. The van der Waals surface area contributed by atoms with Gasteiger partial charge < -0.3 is 15.3 Å². The molecule has 0 radical (unpaired) electrons. The molecule has 4 heteroatoms. The predicted octanol–water partition coefficient (Wildman–Crippen LogP) is 1.78. The van der Waals surface area contributed by atoms with Gasteiger partial charge in [-0.2, -0.15) is 0 Å². The molecule has 90 valence electrons. The average Bonchev–Trinajstić information content (AvgIpc) is 2.27. The maximum atomic E-state index is 10.8. The molecule has 1 heterocycles. The van der Waals surface area contributed by atoms with Crippen molar-refractivity contribution in [2.45, 2.75) is 18.9 Å². The lowest BCUT2D eigenvalue weighted by molar-refractivity contribution is -0.145. The van der Waals surface area contributed by atoms with Gasteiger partial charge in [-0.05, 0) is 25.0 Å². The summed E-state index contributed by atoms with van der Waals surface area (Å²) in [5.74, 6) is -0.785. The third-order valence-electron chi connectivity index (χ3n) is 3.78. The minimum atomic E-state index is -0.648. The van der Waals surface area contributed by atoms with Gasteiger partial charge in [0.25, 0.3) is 0 Å². The number of rotatable bonds is 2. The zero-order valence-corrected chi connectivity index (χ0v) is 9.60. The quantitative estimate of drug-likeness (QED) is 0.816. The van der Waals surface area contributed by atoms with Gasteiger partial charge in [0.1, 0.15) is 0 Å². The number of carboxylic acid groups (broad SMARTS) is 1. The Morgan fingerprint density at radius 1 is 1.35 bits per heavy atom. The molecule has 1 fully saturated rings. The predicted molar refractivity (Wildman–Crippen MR) is 66.4 cm³/mol. The number of para-hydroxylation sites is 2.